The van der Waals surface area contributed by atoms with Gasteiger partial charge in [-0.05, 0) is 44.4 Å². The number of carbonyl (C=O) groups excluding carboxylic acids is 1. The minimum atomic E-state index is -0.0554. The van der Waals surface area contributed by atoms with Gasteiger partial charge in [0.2, 0.25) is 0 Å². The summed E-state index contributed by atoms with van der Waals surface area (Å²) in [6.45, 7) is 2.53. The highest BCUT2D eigenvalue weighted by atomic mass is 16.5. The van der Waals surface area contributed by atoms with E-state index in [1.807, 2.05) is 18.2 Å². The van der Waals surface area contributed by atoms with Crippen molar-refractivity contribution in [3.8, 4) is 11.3 Å². The summed E-state index contributed by atoms with van der Waals surface area (Å²) in [7, 11) is 1.79. The van der Waals surface area contributed by atoms with E-state index in [4.69, 9.17) is 4.52 Å². The standard InChI is InChI=1S/C21H29N5O2/c1-25(15-19-13-20(24-28-19)16-8-10-22-11-9-16)21(27)23-17-5-4-12-26(14-17)18-6-2-3-7-18/h8-11,13,17-18H,2-7,12,14-15H2,1H3,(H,23,27)/t17-/m0/s1. The quantitative estimate of drug-likeness (QED) is 0.858. The molecule has 1 saturated heterocycles. The van der Waals surface area contributed by atoms with E-state index in [9.17, 15) is 4.79 Å². The van der Waals surface area contributed by atoms with Crippen LogP contribution < -0.4 is 5.32 Å². The molecule has 0 unspecified atom stereocenters. The van der Waals surface area contributed by atoms with Crippen molar-refractivity contribution in [3.63, 3.8) is 0 Å². The molecule has 1 aliphatic heterocycles. The van der Waals surface area contributed by atoms with Crippen LogP contribution in [0.15, 0.2) is 35.1 Å². The Morgan fingerprint density at radius 2 is 2.04 bits per heavy atom. The SMILES string of the molecule is CN(Cc1cc(-c2ccncc2)no1)C(=O)N[C@H]1CCCN(C2CCCC2)C1. The van der Waals surface area contributed by atoms with Crippen molar-refractivity contribution in [1.82, 2.24) is 25.3 Å². The Hall–Kier alpha value is -2.41. The molecule has 0 spiro atoms. The van der Waals surface area contributed by atoms with Crippen LogP contribution in [0.1, 0.15) is 44.3 Å². The fourth-order valence-corrected chi connectivity index (χ4v) is 4.36. The molecule has 2 aromatic rings. The summed E-state index contributed by atoms with van der Waals surface area (Å²) in [5.41, 5.74) is 1.71. The molecule has 3 heterocycles. The number of likely N-dealkylation sites (tertiary alicyclic amines) is 1. The van der Waals surface area contributed by atoms with Gasteiger partial charge in [0, 0.05) is 49.7 Å². The highest BCUT2D eigenvalue weighted by Gasteiger charge is 2.29. The van der Waals surface area contributed by atoms with Crippen LogP contribution in [0.3, 0.4) is 0 Å². The molecule has 2 aliphatic rings. The summed E-state index contributed by atoms with van der Waals surface area (Å²) in [5, 5.41) is 7.31. The predicted molar refractivity (Wildman–Crippen MR) is 107 cm³/mol. The molecule has 0 bridgehead atoms. The smallest absolute Gasteiger partial charge is 0.317 e. The Bertz CT molecular complexity index is 772. The highest BCUT2D eigenvalue weighted by Crippen LogP contribution is 2.26. The van der Waals surface area contributed by atoms with E-state index in [0.29, 0.717) is 12.3 Å². The van der Waals surface area contributed by atoms with Gasteiger partial charge in [-0.15, -0.1) is 0 Å². The predicted octanol–water partition coefficient (Wildman–Crippen LogP) is 3.29. The Balaban J connectivity index is 1.29. The highest BCUT2D eigenvalue weighted by molar-refractivity contribution is 5.74. The van der Waals surface area contributed by atoms with Crippen LogP contribution >= 0.6 is 0 Å². The third-order valence-corrected chi connectivity index (χ3v) is 5.90. The van der Waals surface area contributed by atoms with Crippen molar-refractivity contribution in [2.75, 3.05) is 20.1 Å². The van der Waals surface area contributed by atoms with Gasteiger partial charge in [-0.3, -0.25) is 9.88 Å². The van der Waals surface area contributed by atoms with Crippen molar-refractivity contribution in [1.29, 1.82) is 0 Å². The number of nitrogens with one attached hydrogen (secondary N) is 1. The fraction of sp³-hybridized carbons (Fsp3) is 0.571. The molecule has 4 rings (SSSR count). The van der Waals surface area contributed by atoms with E-state index in [-0.39, 0.29) is 12.1 Å². The molecule has 7 heteroatoms. The Kier molecular flexibility index (Phi) is 5.90. The molecule has 1 N–H and O–H groups in total. The molecule has 28 heavy (non-hydrogen) atoms. The second-order valence-corrected chi connectivity index (χ2v) is 7.99. The molecule has 2 aromatic heterocycles. The Morgan fingerprint density at radius 1 is 1.25 bits per heavy atom. The van der Waals surface area contributed by atoms with Crippen LogP contribution in [0.25, 0.3) is 11.3 Å². The van der Waals surface area contributed by atoms with Gasteiger partial charge in [-0.25, -0.2) is 4.79 Å². The number of nitrogens with zero attached hydrogens (tertiary/aromatic N) is 4. The topological polar surface area (TPSA) is 74.5 Å². The van der Waals surface area contributed by atoms with Gasteiger partial charge in [0.25, 0.3) is 0 Å². The first-order valence-corrected chi connectivity index (χ1v) is 10.3. The van der Waals surface area contributed by atoms with Crippen LogP contribution in [0, 0.1) is 0 Å². The second kappa shape index (κ2) is 8.73. The maximum atomic E-state index is 12.6. The first kappa shape index (κ1) is 18.9. The van der Waals surface area contributed by atoms with E-state index in [1.54, 1.807) is 24.3 Å². The molecular formula is C21H29N5O2. The van der Waals surface area contributed by atoms with E-state index in [0.717, 1.165) is 36.7 Å². The van der Waals surface area contributed by atoms with Crippen molar-refractivity contribution in [2.45, 2.75) is 57.2 Å². The Morgan fingerprint density at radius 3 is 2.82 bits per heavy atom. The molecule has 2 amide bonds. The lowest BCUT2D eigenvalue weighted by atomic mass is 10.0. The summed E-state index contributed by atoms with van der Waals surface area (Å²) in [4.78, 5) is 20.9. The van der Waals surface area contributed by atoms with Crippen molar-refractivity contribution < 1.29 is 9.32 Å². The summed E-state index contributed by atoms with van der Waals surface area (Å²) < 4.78 is 5.41. The maximum absolute atomic E-state index is 12.6. The molecule has 1 atom stereocenters. The first-order chi connectivity index (χ1) is 13.7. The second-order valence-electron chi connectivity index (χ2n) is 7.99. The number of pyridine rings is 1. The molecule has 7 nitrogen and oxygen atoms in total. The minimum absolute atomic E-state index is 0.0554. The number of hydrogen-bond acceptors (Lipinski definition) is 5. The average molecular weight is 383 g/mol. The molecule has 1 saturated carbocycles. The van der Waals surface area contributed by atoms with Gasteiger partial charge in [-0.2, -0.15) is 0 Å². The largest absolute Gasteiger partial charge is 0.359 e. The van der Waals surface area contributed by atoms with Crippen LogP contribution in [0.2, 0.25) is 0 Å². The number of carbonyl (C=O) groups is 1. The summed E-state index contributed by atoms with van der Waals surface area (Å²) in [6, 6.07) is 6.54. The van der Waals surface area contributed by atoms with Crippen LogP contribution in [-0.4, -0.2) is 58.2 Å². The molecule has 0 aromatic carbocycles. The lowest BCUT2D eigenvalue weighted by Gasteiger charge is -2.37. The number of piperidine rings is 1. The lowest BCUT2D eigenvalue weighted by Crippen LogP contribution is -2.52. The normalized spacial score (nSPS) is 21.0. The van der Waals surface area contributed by atoms with Gasteiger partial charge >= 0.3 is 6.03 Å². The van der Waals surface area contributed by atoms with Crippen molar-refractivity contribution in [3.05, 3.63) is 36.4 Å². The average Bonchev–Trinajstić information content (AvgIpc) is 3.41. The third kappa shape index (κ3) is 4.52. The van der Waals surface area contributed by atoms with Gasteiger partial charge in [-0.1, -0.05) is 18.0 Å². The molecular weight excluding hydrogens is 354 g/mol. The van der Waals surface area contributed by atoms with Crippen molar-refractivity contribution in [2.24, 2.45) is 0 Å². The van der Waals surface area contributed by atoms with Gasteiger partial charge in [0.05, 0.1) is 6.54 Å². The number of urea groups is 1. The first-order valence-electron chi connectivity index (χ1n) is 10.3. The summed E-state index contributed by atoms with van der Waals surface area (Å²) >= 11 is 0. The van der Waals surface area contributed by atoms with Crippen LogP contribution in [0.4, 0.5) is 4.79 Å². The molecule has 0 radical (unpaired) electrons. The number of amides is 2. The monoisotopic (exact) mass is 383 g/mol. The zero-order valence-electron chi connectivity index (χ0n) is 16.5. The molecule has 150 valence electrons. The van der Waals surface area contributed by atoms with Gasteiger partial charge in [0.1, 0.15) is 5.69 Å². The van der Waals surface area contributed by atoms with Gasteiger partial charge < -0.3 is 14.7 Å². The molecule has 2 fully saturated rings. The van der Waals surface area contributed by atoms with Crippen molar-refractivity contribution >= 4 is 6.03 Å². The fourth-order valence-electron chi connectivity index (χ4n) is 4.36. The zero-order chi connectivity index (χ0) is 19.3. The van der Waals surface area contributed by atoms with Gasteiger partial charge in [0.15, 0.2) is 5.76 Å². The van der Waals surface area contributed by atoms with Crippen LogP contribution in [0.5, 0.6) is 0 Å². The number of aromatic nitrogens is 2. The van der Waals surface area contributed by atoms with Crippen LogP contribution in [-0.2, 0) is 6.54 Å². The number of rotatable bonds is 5. The molecule has 1 aliphatic carbocycles. The van der Waals surface area contributed by atoms with E-state index < -0.39 is 0 Å². The van der Waals surface area contributed by atoms with E-state index >= 15 is 0 Å². The zero-order valence-corrected chi connectivity index (χ0v) is 16.5. The maximum Gasteiger partial charge on any atom is 0.317 e. The van der Waals surface area contributed by atoms with E-state index in [2.05, 4.69) is 20.4 Å². The van der Waals surface area contributed by atoms with E-state index in [1.165, 1.54) is 32.2 Å². The Labute approximate surface area is 166 Å². The summed E-state index contributed by atoms with van der Waals surface area (Å²) in [5.74, 6) is 0.667. The summed E-state index contributed by atoms with van der Waals surface area (Å²) in [6.07, 6.45) is 11.0. The lowest BCUT2D eigenvalue weighted by molar-refractivity contribution is 0.134. The minimum Gasteiger partial charge on any atom is -0.359 e. The number of hydrogen-bond donors (Lipinski definition) is 1. The third-order valence-electron chi connectivity index (χ3n) is 5.90.